The van der Waals surface area contributed by atoms with E-state index in [2.05, 4.69) is 19.7 Å². The zero-order chi connectivity index (χ0) is 13.5. The number of piperazine rings is 1. The summed E-state index contributed by atoms with van der Waals surface area (Å²) in [5.74, 6) is 0.281. The van der Waals surface area contributed by atoms with Gasteiger partial charge in [-0.25, -0.2) is 0 Å². The van der Waals surface area contributed by atoms with E-state index in [-0.39, 0.29) is 17.5 Å². The summed E-state index contributed by atoms with van der Waals surface area (Å²) >= 11 is 0. The molecule has 0 aliphatic carbocycles. The van der Waals surface area contributed by atoms with Gasteiger partial charge in [0.2, 0.25) is 0 Å². The van der Waals surface area contributed by atoms with Crippen molar-refractivity contribution in [2.75, 3.05) is 26.2 Å². The maximum Gasteiger partial charge on any atom is 0.586 e. The summed E-state index contributed by atoms with van der Waals surface area (Å²) < 4.78 is 35.4. The Morgan fingerprint density at radius 3 is 2.74 bits per heavy atom. The first-order valence-corrected chi connectivity index (χ1v) is 6.40. The average Bonchev–Trinajstić information content (AvgIpc) is 2.72. The highest BCUT2D eigenvalue weighted by Crippen LogP contribution is 2.45. The highest BCUT2D eigenvalue weighted by atomic mass is 19.3. The number of halogens is 2. The molecular weight excluding hydrogens is 254 g/mol. The first-order valence-electron chi connectivity index (χ1n) is 6.40. The second-order valence-corrected chi connectivity index (χ2v) is 4.80. The molecule has 1 aromatic carbocycles. The molecule has 0 saturated carbocycles. The number of para-hydroxylation sites is 1. The molecule has 2 heterocycles. The highest BCUT2D eigenvalue weighted by molar-refractivity contribution is 5.50. The van der Waals surface area contributed by atoms with Gasteiger partial charge in [-0.1, -0.05) is 12.1 Å². The summed E-state index contributed by atoms with van der Waals surface area (Å²) in [6.45, 7) is 5.60. The van der Waals surface area contributed by atoms with Crippen LogP contribution in [0.25, 0.3) is 0 Å². The molecule has 19 heavy (non-hydrogen) atoms. The van der Waals surface area contributed by atoms with Gasteiger partial charge in [-0.3, -0.25) is 4.90 Å². The van der Waals surface area contributed by atoms with Crippen molar-refractivity contribution in [1.29, 1.82) is 0 Å². The van der Waals surface area contributed by atoms with E-state index >= 15 is 0 Å². The van der Waals surface area contributed by atoms with Crippen LogP contribution in [0.2, 0.25) is 0 Å². The van der Waals surface area contributed by atoms with E-state index < -0.39 is 6.29 Å². The van der Waals surface area contributed by atoms with E-state index in [9.17, 15) is 8.78 Å². The zero-order valence-corrected chi connectivity index (χ0v) is 10.7. The molecule has 104 valence electrons. The highest BCUT2D eigenvalue weighted by Gasteiger charge is 2.45. The average molecular weight is 270 g/mol. The minimum Gasteiger partial charge on any atom is -0.395 e. The van der Waals surface area contributed by atoms with Gasteiger partial charge in [0.05, 0.1) is 0 Å². The van der Waals surface area contributed by atoms with Crippen molar-refractivity contribution in [1.82, 2.24) is 10.2 Å². The summed E-state index contributed by atoms with van der Waals surface area (Å²) in [6.07, 6.45) is -3.55. The van der Waals surface area contributed by atoms with E-state index in [1.165, 1.54) is 6.07 Å². The molecule has 0 amide bonds. The molecule has 0 radical (unpaired) electrons. The first-order chi connectivity index (χ1) is 9.07. The van der Waals surface area contributed by atoms with E-state index in [1.54, 1.807) is 6.07 Å². The second kappa shape index (κ2) is 4.61. The lowest BCUT2D eigenvalue weighted by Crippen LogP contribution is -2.44. The van der Waals surface area contributed by atoms with Crippen molar-refractivity contribution in [2.45, 2.75) is 19.3 Å². The predicted molar refractivity (Wildman–Crippen MR) is 65.5 cm³/mol. The molecule has 0 spiro atoms. The fraction of sp³-hybridized carbons (Fsp3) is 0.538. The Hall–Kier alpha value is -1.40. The third-order valence-corrected chi connectivity index (χ3v) is 3.61. The van der Waals surface area contributed by atoms with Gasteiger partial charge in [0, 0.05) is 37.8 Å². The minimum absolute atomic E-state index is 0.0227. The molecule has 1 aromatic rings. The molecule has 1 atom stereocenters. The number of benzene rings is 1. The van der Waals surface area contributed by atoms with Crippen LogP contribution in [0, 0.1) is 0 Å². The summed E-state index contributed by atoms with van der Waals surface area (Å²) in [4.78, 5) is 2.24. The van der Waals surface area contributed by atoms with Gasteiger partial charge in [-0.15, -0.1) is 8.78 Å². The van der Waals surface area contributed by atoms with Crippen molar-refractivity contribution in [3.63, 3.8) is 0 Å². The number of alkyl halides is 2. The number of nitrogens with zero attached hydrogens (tertiary/aromatic N) is 1. The molecule has 1 fully saturated rings. The SMILES string of the molecule is C[C@H](c1cccc2c1OC(F)(F)O2)N1CCNCC1. The Balaban J connectivity index is 1.88. The third-order valence-electron chi connectivity index (χ3n) is 3.61. The van der Waals surface area contributed by atoms with Gasteiger partial charge >= 0.3 is 6.29 Å². The first kappa shape index (κ1) is 12.6. The monoisotopic (exact) mass is 270 g/mol. The molecule has 2 aliphatic rings. The second-order valence-electron chi connectivity index (χ2n) is 4.80. The zero-order valence-electron chi connectivity index (χ0n) is 10.7. The van der Waals surface area contributed by atoms with Gasteiger partial charge in [0.25, 0.3) is 0 Å². The Bertz CT molecular complexity index is 476. The topological polar surface area (TPSA) is 33.7 Å². The molecule has 1 N–H and O–H groups in total. The fourth-order valence-electron chi connectivity index (χ4n) is 2.59. The van der Waals surface area contributed by atoms with Crippen molar-refractivity contribution in [3.05, 3.63) is 23.8 Å². The molecule has 0 bridgehead atoms. The summed E-state index contributed by atoms with van der Waals surface area (Å²) in [5.41, 5.74) is 0.747. The Labute approximate surface area is 110 Å². The number of nitrogens with one attached hydrogen (secondary N) is 1. The van der Waals surface area contributed by atoms with Gasteiger partial charge in [0.1, 0.15) is 0 Å². The Morgan fingerprint density at radius 2 is 2.00 bits per heavy atom. The van der Waals surface area contributed by atoms with Crippen molar-refractivity contribution >= 4 is 0 Å². The Kier molecular flexibility index (Phi) is 3.06. The maximum absolute atomic E-state index is 13.2. The van der Waals surface area contributed by atoms with Crippen molar-refractivity contribution in [3.8, 4) is 11.5 Å². The van der Waals surface area contributed by atoms with E-state index in [0.717, 1.165) is 31.7 Å². The van der Waals surface area contributed by atoms with Crippen LogP contribution in [0.4, 0.5) is 8.78 Å². The number of hydrogen-bond acceptors (Lipinski definition) is 4. The lowest BCUT2D eigenvalue weighted by molar-refractivity contribution is -0.287. The molecule has 1 saturated heterocycles. The normalized spacial score (nSPS) is 23.3. The molecule has 0 aromatic heterocycles. The molecule has 3 rings (SSSR count). The smallest absolute Gasteiger partial charge is 0.395 e. The summed E-state index contributed by atoms with van der Waals surface area (Å²) in [7, 11) is 0. The van der Waals surface area contributed by atoms with Crippen LogP contribution in [0.1, 0.15) is 18.5 Å². The van der Waals surface area contributed by atoms with Crippen LogP contribution < -0.4 is 14.8 Å². The Morgan fingerprint density at radius 1 is 1.26 bits per heavy atom. The lowest BCUT2D eigenvalue weighted by Gasteiger charge is -2.33. The van der Waals surface area contributed by atoms with Crippen LogP contribution in [0.5, 0.6) is 11.5 Å². The molecular formula is C13H16F2N2O2. The lowest BCUT2D eigenvalue weighted by atomic mass is 10.0. The van der Waals surface area contributed by atoms with Crippen LogP contribution in [0.15, 0.2) is 18.2 Å². The number of ether oxygens (including phenoxy) is 2. The molecule has 4 nitrogen and oxygen atoms in total. The largest absolute Gasteiger partial charge is 0.586 e. The maximum atomic E-state index is 13.2. The number of rotatable bonds is 2. The van der Waals surface area contributed by atoms with Gasteiger partial charge in [-0.2, -0.15) is 0 Å². The third kappa shape index (κ3) is 2.37. The quantitative estimate of drug-likeness (QED) is 0.891. The molecule has 2 aliphatic heterocycles. The standard InChI is InChI=1S/C13H16F2N2O2/c1-9(17-7-5-16-6-8-17)10-3-2-4-11-12(10)19-13(14,15)18-11/h2-4,9,16H,5-8H2,1H3/t9-/m1/s1. The number of fused-ring (bicyclic) bond motifs is 1. The van der Waals surface area contributed by atoms with Crippen LogP contribution in [-0.4, -0.2) is 37.4 Å². The van der Waals surface area contributed by atoms with Crippen molar-refractivity contribution < 1.29 is 18.3 Å². The van der Waals surface area contributed by atoms with Crippen LogP contribution in [-0.2, 0) is 0 Å². The molecule has 6 heteroatoms. The van der Waals surface area contributed by atoms with Gasteiger partial charge in [-0.05, 0) is 13.0 Å². The van der Waals surface area contributed by atoms with Gasteiger partial charge < -0.3 is 14.8 Å². The fourth-order valence-corrected chi connectivity index (χ4v) is 2.59. The molecule has 0 unspecified atom stereocenters. The van der Waals surface area contributed by atoms with Crippen LogP contribution in [0.3, 0.4) is 0 Å². The van der Waals surface area contributed by atoms with Gasteiger partial charge in [0.15, 0.2) is 11.5 Å². The van der Waals surface area contributed by atoms with Crippen molar-refractivity contribution in [2.24, 2.45) is 0 Å². The van der Waals surface area contributed by atoms with E-state index in [4.69, 9.17) is 0 Å². The summed E-state index contributed by atoms with van der Waals surface area (Å²) in [5, 5.41) is 3.27. The van der Waals surface area contributed by atoms with E-state index in [0.29, 0.717) is 0 Å². The number of hydrogen-bond donors (Lipinski definition) is 1. The van der Waals surface area contributed by atoms with E-state index in [1.807, 2.05) is 13.0 Å². The summed E-state index contributed by atoms with van der Waals surface area (Å²) in [6, 6.07) is 5.06. The van der Waals surface area contributed by atoms with Crippen LogP contribution >= 0.6 is 0 Å². The predicted octanol–water partition coefficient (Wildman–Crippen LogP) is 1.97. The minimum atomic E-state index is -3.55.